The second-order valence-electron chi connectivity index (χ2n) is 6.00. The van der Waals surface area contributed by atoms with Crippen LogP contribution in [-0.2, 0) is 22.5 Å². The summed E-state index contributed by atoms with van der Waals surface area (Å²) in [5, 5.41) is 13.2. The van der Waals surface area contributed by atoms with Crippen LogP contribution in [0.15, 0.2) is 24.3 Å². The van der Waals surface area contributed by atoms with Gasteiger partial charge in [-0.1, -0.05) is 0 Å². The quantitative estimate of drug-likeness (QED) is 0.747. The summed E-state index contributed by atoms with van der Waals surface area (Å²) in [6.45, 7) is 2.67. The lowest BCUT2D eigenvalue weighted by molar-refractivity contribution is -0.131. The van der Waals surface area contributed by atoms with Crippen molar-refractivity contribution in [1.82, 2.24) is 14.7 Å². The summed E-state index contributed by atoms with van der Waals surface area (Å²) >= 11 is 0. The molecule has 1 aromatic carbocycles. The molecule has 0 saturated heterocycles. The lowest BCUT2D eigenvalue weighted by atomic mass is 10.0. The maximum atomic E-state index is 12.4. The topological polar surface area (TPSA) is 97.4 Å². The van der Waals surface area contributed by atoms with E-state index in [2.05, 4.69) is 5.10 Å². The number of nitrogens with zero attached hydrogens (tertiary/aromatic N) is 4. The molecule has 1 aliphatic heterocycles. The van der Waals surface area contributed by atoms with Gasteiger partial charge in [0.05, 0.1) is 31.2 Å². The lowest BCUT2D eigenvalue weighted by Gasteiger charge is -2.27. The predicted octanol–water partition coefficient (Wildman–Crippen LogP) is 1.86. The summed E-state index contributed by atoms with van der Waals surface area (Å²) in [7, 11) is 1.59. The van der Waals surface area contributed by atoms with Crippen molar-refractivity contribution in [3.05, 3.63) is 41.2 Å². The molecule has 0 bridgehead atoms. The number of ether oxygens (including phenoxy) is 2. The van der Waals surface area contributed by atoms with Crippen molar-refractivity contribution in [3.63, 3.8) is 0 Å². The van der Waals surface area contributed by atoms with Gasteiger partial charge in [-0.25, -0.2) is 9.48 Å². The Labute approximate surface area is 156 Å². The molecule has 0 unspecified atom stereocenters. The van der Waals surface area contributed by atoms with Gasteiger partial charge in [-0.05, 0) is 31.2 Å². The molecule has 140 valence electrons. The number of carbonyl (C=O) groups is 2. The van der Waals surface area contributed by atoms with E-state index in [9.17, 15) is 9.59 Å². The second-order valence-corrected chi connectivity index (χ2v) is 6.00. The molecule has 8 nitrogen and oxygen atoms in total. The zero-order chi connectivity index (χ0) is 19.4. The van der Waals surface area contributed by atoms with Crippen molar-refractivity contribution in [1.29, 1.82) is 5.26 Å². The van der Waals surface area contributed by atoms with Crippen LogP contribution in [0.3, 0.4) is 0 Å². The van der Waals surface area contributed by atoms with Gasteiger partial charge in [0, 0.05) is 25.1 Å². The van der Waals surface area contributed by atoms with Crippen LogP contribution in [0.5, 0.6) is 5.75 Å². The van der Waals surface area contributed by atoms with Crippen LogP contribution in [0.1, 0.15) is 35.1 Å². The first kappa shape index (κ1) is 18.5. The predicted molar refractivity (Wildman–Crippen MR) is 95.4 cm³/mol. The summed E-state index contributed by atoms with van der Waals surface area (Å²) < 4.78 is 12.0. The normalized spacial score (nSPS) is 12.9. The molecule has 0 saturated carbocycles. The molecule has 2 heterocycles. The van der Waals surface area contributed by atoms with Crippen LogP contribution in [-0.4, -0.2) is 46.8 Å². The first-order valence-corrected chi connectivity index (χ1v) is 8.66. The van der Waals surface area contributed by atoms with Crippen LogP contribution in [0.2, 0.25) is 0 Å². The number of methoxy groups -OCH3 is 1. The van der Waals surface area contributed by atoms with Gasteiger partial charge in [0.25, 0.3) is 0 Å². The van der Waals surface area contributed by atoms with Crippen molar-refractivity contribution in [2.75, 3.05) is 20.3 Å². The molecule has 0 spiro atoms. The average molecular weight is 368 g/mol. The molecule has 0 atom stereocenters. The number of hydrogen-bond acceptors (Lipinski definition) is 6. The Morgan fingerprint density at radius 2 is 2.04 bits per heavy atom. The smallest absolute Gasteiger partial charge is 0.359 e. The number of nitriles is 1. The molecule has 1 aromatic heterocycles. The van der Waals surface area contributed by atoms with Crippen LogP contribution in [0.4, 0.5) is 0 Å². The van der Waals surface area contributed by atoms with Crippen LogP contribution < -0.4 is 4.74 Å². The third-order valence-electron chi connectivity index (χ3n) is 4.43. The highest BCUT2D eigenvalue weighted by Gasteiger charge is 2.31. The van der Waals surface area contributed by atoms with E-state index in [4.69, 9.17) is 14.7 Å². The lowest BCUT2D eigenvalue weighted by Crippen LogP contribution is -2.36. The highest BCUT2D eigenvalue weighted by atomic mass is 16.5. The molecule has 2 aromatic rings. The van der Waals surface area contributed by atoms with E-state index in [-0.39, 0.29) is 31.2 Å². The number of carbonyl (C=O) groups excluding carboxylic acids is 2. The van der Waals surface area contributed by atoms with E-state index in [1.807, 2.05) is 30.3 Å². The Hall–Kier alpha value is -3.34. The van der Waals surface area contributed by atoms with E-state index >= 15 is 0 Å². The molecular formula is C19H20N4O4. The Bertz CT molecular complexity index is 896. The Kier molecular flexibility index (Phi) is 5.41. The van der Waals surface area contributed by atoms with Crippen LogP contribution in [0, 0.1) is 11.3 Å². The molecular weight excluding hydrogens is 348 g/mol. The van der Waals surface area contributed by atoms with E-state index in [1.54, 1.807) is 23.6 Å². The second kappa shape index (κ2) is 7.91. The van der Waals surface area contributed by atoms with E-state index in [1.165, 1.54) is 0 Å². The van der Waals surface area contributed by atoms with E-state index in [0.717, 1.165) is 17.1 Å². The number of aromatic nitrogens is 2. The molecule has 0 fully saturated rings. The van der Waals surface area contributed by atoms with Gasteiger partial charge >= 0.3 is 5.97 Å². The molecule has 0 radical (unpaired) electrons. The fourth-order valence-corrected chi connectivity index (χ4v) is 3.11. The van der Waals surface area contributed by atoms with E-state index < -0.39 is 5.97 Å². The van der Waals surface area contributed by atoms with Gasteiger partial charge in [0.2, 0.25) is 5.91 Å². The maximum Gasteiger partial charge on any atom is 0.359 e. The summed E-state index contributed by atoms with van der Waals surface area (Å²) in [4.78, 5) is 26.1. The number of hydrogen-bond donors (Lipinski definition) is 0. The Morgan fingerprint density at radius 3 is 2.67 bits per heavy atom. The molecule has 1 aliphatic rings. The number of amides is 1. The van der Waals surface area contributed by atoms with Gasteiger partial charge in [0.1, 0.15) is 12.2 Å². The summed E-state index contributed by atoms with van der Waals surface area (Å²) in [6.07, 6.45) is 0.349. The minimum Gasteiger partial charge on any atom is -0.497 e. The SMILES string of the molecule is CCOC(=O)c1nn(-c2ccc(OC)cc2)c2c1CN(C(=O)CC#N)CC2. The zero-order valence-corrected chi connectivity index (χ0v) is 15.3. The fraction of sp³-hybridized carbons (Fsp3) is 0.368. The highest BCUT2D eigenvalue weighted by molar-refractivity contribution is 5.90. The number of benzene rings is 1. The first-order chi connectivity index (χ1) is 13.1. The third-order valence-corrected chi connectivity index (χ3v) is 4.43. The van der Waals surface area contributed by atoms with Gasteiger partial charge < -0.3 is 14.4 Å². The molecule has 1 amide bonds. The minimum atomic E-state index is -0.518. The summed E-state index contributed by atoms with van der Waals surface area (Å²) in [6, 6.07) is 9.22. The average Bonchev–Trinajstić information content (AvgIpc) is 3.07. The Morgan fingerprint density at radius 1 is 1.30 bits per heavy atom. The van der Waals surface area contributed by atoms with Crippen molar-refractivity contribution in [3.8, 4) is 17.5 Å². The number of fused-ring (bicyclic) bond motifs is 1. The molecule has 8 heteroatoms. The largest absolute Gasteiger partial charge is 0.497 e. The van der Waals surface area contributed by atoms with Gasteiger partial charge in [-0.2, -0.15) is 10.4 Å². The molecule has 0 N–H and O–H groups in total. The van der Waals surface area contributed by atoms with Crippen molar-refractivity contribution in [2.24, 2.45) is 0 Å². The third kappa shape index (κ3) is 3.62. The molecule has 27 heavy (non-hydrogen) atoms. The number of rotatable bonds is 5. The standard InChI is InChI=1S/C19H20N4O4/c1-3-27-19(25)18-15-12-22(17(24)8-10-20)11-9-16(15)23(21-18)13-4-6-14(26-2)7-5-13/h4-7H,3,8-9,11-12H2,1-2H3. The van der Waals surface area contributed by atoms with Crippen LogP contribution >= 0.6 is 0 Å². The van der Waals surface area contributed by atoms with Crippen molar-refractivity contribution < 1.29 is 19.1 Å². The first-order valence-electron chi connectivity index (χ1n) is 8.66. The zero-order valence-electron chi connectivity index (χ0n) is 15.3. The monoisotopic (exact) mass is 368 g/mol. The van der Waals surface area contributed by atoms with E-state index in [0.29, 0.717) is 18.5 Å². The Balaban J connectivity index is 2.02. The van der Waals surface area contributed by atoms with Crippen LogP contribution in [0.25, 0.3) is 5.69 Å². The molecule has 3 rings (SSSR count). The van der Waals surface area contributed by atoms with Crippen molar-refractivity contribution in [2.45, 2.75) is 26.3 Å². The highest BCUT2D eigenvalue weighted by Crippen LogP contribution is 2.27. The summed E-state index contributed by atoms with van der Waals surface area (Å²) in [5.41, 5.74) is 2.53. The maximum absolute atomic E-state index is 12.4. The van der Waals surface area contributed by atoms with Gasteiger partial charge in [0.15, 0.2) is 5.69 Å². The minimum absolute atomic E-state index is 0.184. The summed E-state index contributed by atoms with van der Waals surface area (Å²) in [5.74, 6) is -0.0515. The number of esters is 1. The van der Waals surface area contributed by atoms with Gasteiger partial charge in [-0.3, -0.25) is 4.79 Å². The molecule has 0 aliphatic carbocycles. The van der Waals surface area contributed by atoms with Crippen molar-refractivity contribution >= 4 is 11.9 Å². The van der Waals surface area contributed by atoms with Gasteiger partial charge in [-0.15, -0.1) is 0 Å². The fourth-order valence-electron chi connectivity index (χ4n) is 3.11.